The number of nitrogens with two attached hydrogens (primary N) is 1. The standard InChI is InChI=1S/C23H23N3O6/c24-19(27)18-7-4-12-25(18)20(28)15-8-10-16(11-9-15)32-22-17(21(29)26(22)23(30)31)13-14-5-2-1-3-6-14/h1-3,5-6,8-11,17-18,22H,4,7,12-13H2,(H2,24,27)(H,30,31). The number of ether oxygens (including phenoxy) is 1. The molecule has 2 fully saturated rings. The minimum absolute atomic E-state index is 0.300. The van der Waals surface area contributed by atoms with E-state index >= 15 is 0 Å². The second-order valence-corrected chi connectivity index (χ2v) is 7.88. The van der Waals surface area contributed by atoms with Crippen LogP contribution in [-0.2, 0) is 16.0 Å². The molecule has 0 saturated carbocycles. The van der Waals surface area contributed by atoms with Gasteiger partial charge < -0.3 is 20.5 Å². The van der Waals surface area contributed by atoms with E-state index in [1.54, 1.807) is 24.3 Å². The van der Waals surface area contributed by atoms with E-state index in [-0.39, 0.29) is 5.91 Å². The molecular formula is C23H23N3O6. The first-order valence-electron chi connectivity index (χ1n) is 10.3. The Bertz CT molecular complexity index is 1040. The quantitative estimate of drug-likeness (QED) is 0.664. The van der Waals surface area contributed by atoms with Crippen LogP contribution in [0.3, 0.4) is 0 Å². The zero-order chi connectivity index (χ0) is 22.8. The molecule has 0 aromatic heterocycles. The lowest BCUT2D eigenvalue weighted by molar-refractivity contribution is -0.169. The first-order chi connectivity index (χ1) is 15.4. The first kappa shape index (κ1) is 21.4. The van der Waals surface area contributed by atoms with Gasteiger partial charge in [0.1, 0.15) is 11.8 Å². The van der Waals surface area contributed by atoms with Gasteiger partial charge in [0.05, 0.1) is 5.92 Å². The second kappa shape index (κ2) is 8.70. The third kappa shape index (κ3) is 4.01. The molecule has 4 rings (SSSR count). The van der Waals surface area contributed by atoms with E-state index in [0.717, 1.165) is 5.56 Å². The Hall–Kier alpha value is -3.88. The van der Waals surface area contributed by atoms with Gasteiger partial charge in [-0.3, -0.25) is 14.4 Å². The van der Waals surface area contributed by atoms with Crippen LogP contribution in [0.1, 0.15) is 28.8 Å². The van der Waals surface area contributed by atoms with Crippen molar-refractivity contribution >= 4 is 23.8 Å². The van der Waals surface area contributed by atoms with Crippen molar-refractivity contribution in [2.45, 2.75) is 31.5 Å². The molecule has 3 atom stereocenters. The number of imide groups is 1. The van der Waals surface area contributed by atoms with Crippen molar-refractivity contribution in [2.75, 3.05) is 6.54 Å². The SMILES string of the molecule is NC(=O)C1CCCN1C(=O)c1ccc(OC2C(Cc3ccccc3)C(=O)N2C(=O)O)cc1. The van der Waals surface area contributed by atoms with Gasteiger partial charge in [0.2, 0.25) is 11.8 Å². The summed E-state index contributed by atoms with van der Waals surface area (Å²) in [5, 5.41) is 9.38. The highest BCUT2D eigenvalue weighted by Gasteiger charge is 2.52. The largest absolute Gasteiger partial charge is 0.469 e. The number of nitrogens with zero attached hydrogens (tertiary/aromatic N) is 2. The number of carboxylic acid groups (broad SMARTS) is 1. The fourth-order valence-electron chi connectivity index (χ4n) is 4.20. The van der Waals surface area contributed by atoms with Gasteiger partial charge in [-0.25, -0.2) is 9.69 Å². The highest BCUT2D eigenvalue weighted by molar-refractivity contribution is 5.99. The molecule has 2 aromatic carbocycles. The van der Waals surface area contributed by atoms with Gasteiger partial charge in [0, 0.05) is 12.1 Å². The number of likely N-dealkylation sites (tertiary alicyclic amines) is 2. The summed E-state index contributed by atoms with van der Waals surface area (Å²) in [5.74, 6) is -1.63. The van der Waals surface area contributed by atoms with E-state index in [2.05, 4.69) is 0 Å². The summed E-state index contributed by atoms with van der Waals surface area (Å²) in [6.07, 6.45) is -0.716. The molecule has 9 nitrogen and oxygen atoms in total. The maximum atomic E-state index is 12.7. The second-order valence-electron chi connectivity index (χ2n) is 7.88. The molecule has 9 heteroatoms. The van der Waals surface area contributed by atoms with E-state index in [1.807, 2.05) is 30.3 Å². The van der Waals surface area contributed by atoms with E-state index in [1.165, 1.54) is 4.90 Å². The highest BCUT2D eigenvalue weighted by atomic mass is 16.5. The molecule has 0 spiro atoms. The lowest BCUT2D eigenvalue weighted by Crippen LogP contribution is -2.65. The Morgan fingerprint density at radius 3 is 2.38 bits per heavy atom. The van der Waals surface area contributed by atoms with Crippen LogP contribution in [0.2, 0.25) is 0 Å². The summed E-state index contributed by atoms with van der Waals surface area (Å²) in [7, 11) is 0. The maximum Gasteiger partial charge on any atom is 0.417 e. The smallest absolute Gasteiger partial charge is 0.417 e. The zero-order valence-electron chi connectivity index (χ0n) is 17.2. The van der Waals surface area contributed by atoms with Crippen molar-refractivity contribution < 1.29 is 29.0 Å². The number of rotatable bonds is 6. The van der Waals surface area contributed by atoms with Gasteiger partial charge in [-0.05, 0) is 49.1 Å². The van der Waals surface area contributed by atoms with E-state index < -0.39 is 36.1 Å². The van der Waals surface area contributed by atoms with Crippen LogP contribution in [0.5, 0.6) is 5.75 Å². The summed E-state index contributed by atoms with van der Waals surface area (Å²) in [6, 6.07) is 14.9. The van der Waals surface area contributed by atoms with Gasteiger partial charge in [-0.2, -0.15) is 0 Å². The van der Waals surface area contributed by atoms with Crippen LogP contribution >= 0.6 is 0 Å². The van der Waals surface area contributed by atoms with Crippen molar-refractivity contribution in [3.05, 3.63) is 65.7 Å². The van der Waals surface area contributed by atoms with Crippen LogP contribution in [0, 0.1) is 5.92 Å². The minimum atomic E-state index is -1.37. The van der Waals surface area contributed by atoms with Crippen molar-refractivity contribution in [3.8, 4) is 5.75 Å². The average molecular weight is 437 g/mol. The number of hydrogen-bond acceptors (Lipinski definition) is 5. The van der Waals surface area contributed by atoms with Crippen molar-refractivity contribution in [3.63, 3.8) is 0 Å². The molecule has 2 aromatic rings. The Kier molecular flexibility index (Phi) is 5.81. The molecular weight excluding hydrogens is 414 g/mol. The molecule has 0 radical (unpaired) electrons. The van der Waals surface area contributed by atoms with Crippen molar-refractivity contribution in [2.24, 2.45) is 11.7 Å². The van der Waals surface area contributed by atoms with Crippen LogP contribution in [-0.4, -0.2) is 57.5 Å². The fourth-order valence-corrected chi connectivity index (χ4v) is 4.20. The molecule has 3 unspecified atom stereocenters. The molecule has 2 aliphatic heterocycles. The number of carbonyl (C=O) groups is 4. The van der Waals surface area contributed by atoms with Gasteiger partial charge in [0.25, 0.3) is 5.91 Å². The molecule has 2 heterocycles. The number of hydrogen-bond donors (Lipinski definition) is 2. The molecule has 32 heavy (non-hydrogen) atoms. The highest BCUT2D eigenvalue weighted by Crippen LogP contribution is 2.32. The predicted molar refractivity (Wildman–Crippen MR) is 113 cm³/mol. The Morgan fingerprint density at radius 1 is 1.06 bits per heavy atom. The number of carbonyl (C=O) groups excluding carboxylic acids is 3. The number of amides is 4. The van der Waals surface area contributed by atoms with E-state index in [9.17, 15) is 24.3 Å². The molecule has 0 aliphatic carbocycles. The monoisotopic (exact) mass is 437 g/mol. The molecule has 2 saturated heterocycles. The van der Waals surface area contributed by atoms with Crippen molar-refractivity contribution in [1.82, 2.24) is 9.80 Å². The Labute approximate surface area is 184 Å². The molecule has 0 bridgehead atoms. The third-order valence-electron chi connectivity index (χ3n) is 5.86. The fraction of sp³-hybridized carbons (Fsp3) is 0.304. The van der Waals surface area contributed by atoms with Crippen LogP contribution in [0.15, 0.2) is 54.6 Å². The lowest BCUT2D eigenvalue weighted by Gasteiger charge is -2.43. The zero-order valence-corrected chi connectivity index (χ0v) is 17.2. The summed E-state index contributed by atoms with van der Waals surface area (Å²) >= 11 is 0. The number of primary amides is 1. The third-order valence-corrected chi connectivity index (χ3v) is 5.86. The first-order valence-corrected chi connectivity index (χ1v) is 10.3. The summed E-state index contributed by atoms with van der Waals surface area (Å²) in [5.41, 5.74) is 6.66. The predicted octanol–water partition coefficient (Wildman–Crippen LogP) is 1.86. The summed E-state index contributed by atoms with van der Waals surface area (Å²) in [4.78, 5) is 50.3. The van der Waals surface area contributed by atoms with E-state index in [4.69, 9.17) is 10.5 Å². The Balaban J connectivity index is 1.47. The lowest BCUT2D eigenvalue weighted by atomic mass is 9.89. The average Bonchev–Trinajstić information content (AvgIpc) is 3.28. The molecule has 4 amide bonds. The number of β-lactam (4-membered cyclic amide) rings is 1. The molecule has 3 N–H and O–H groups in total. The topological polar surface area (TPSA) is 130 Å². The van der Waals surface area contributed by atoms with E-state index in [0.29, 0.717) is 42.0 Å². The van der Waals surface area contributed by atoms with Gasteiger partial charge >= 0.3 is 6.09 Å². The van der Waals surface area contributed by atoms with Gasteiger partial charge in [-0.15, -0.1) is 0 Å². The van der Waals surface area contributed by atoms with Crippen LogP contribution in [0.4, 0.5) is 4.79 Å². The normalized spacial score (nSPS) is 22.4. The summed E-state index contributed by atoms with van der Waals surface area (Å²) in [6.45, 7) is 0.462. The molecule has 2 aliphatic rings. The van der Waals surface area contributed by atoms with Gasteiger partial charge in [0.15, 0.2) is 6.23 Å². The van der Waals surface area contributed by atoms with Crippen LogP contribution in [0.25, 0.3) is 0 Å². The summed E-state index contributed by atoms with van der Waals surface area (Å²) < 4.78 is 5.82. The maximum absolute atomic E-state index is 12.7. The minimum Gasteiger partial charge on any atom is -0.469 e. The Morgan fingerprint density at radius 2 is 1.75 bits per heavy atom. The van der Waals surface area contributed by atoms with Crippen molar-refractivity contribution in [1.29, 1.82) is 0 Å². The molecule has 166 valence electrons. The van der Waals surface area contributed by atoms with Gasteiger partial charge in [-0.1, -0.05) is 30.3 Å². The number of benzene rings is 2. The van der Waals surface area contributed by atoms with Crippen LogP contribution < -0.4 is 10.5 Å².